The summed E-state index contributed by atoms with van der Waals surface area (Å²) in [7, 11) is 0. The van der Waals surface area contributed by atoms with Gasteiger partial charge in [0.15, 0.2) is 0 Å². The van der Waals surface area contributed by atoms with E-state index in [0.29, 0.717) is 19.3 Å². The van der Waals surface area contributed by atoms with Crippen molar-refractivity contribution in [1.82, 2.24) is 5.32 Å². The Bertz CT molecular complexity index is 638. The topological polar surface area (TPSA) is 110 Å². The van der Waals surface area contributed by atoms with Gasteiger partial charge in [0.05, 0.1) is 18.8 Å². The van der Waals surface area contributed by atoms with Crippen molar-refractivity contribution in [3.63, 3.8) is 0 Å². The highest BCUT2D eigenvalue weighted by Gasteiger charge is 2.28. The zero-order chi connectivity index (χ0) is 31.1. The number of unbranched alkanes of at least 4 members (excludes halogenated alkanes) is 18. The van der Waals surface area contributed by atoms with E-state index in [1.54, 1.807) is 0 Å². The van der Waals surface area contributed by atoms with Gasteiger partial charge in [0.25, 0.3) is 0 Å². The van der Waals surface area contributed by atoms with E-state index in [1.165, 1.54) is 89.9 Å². The molecular weight excluding hydrogens is 526 g/mol. The minimum atomic E-state index is -1.28. The van der Waals surface area contributed by atoms with Crippen LogP contribution in [0.2, 0.25) is 0 Å². The van der Waals surface area contributed by atoms with Crippen molar-refractivity contribution in [1.29, 1.82) is 0 Å². The molecule has 4 unspecified atom stereocenters. The van der Waals surface area contributed by atoms with Gasteiger partial charge in [0.1, 0.15) is 12.2 Å². The van der Waals surface area contributed by atoms with Gasteiger partial charge in [-0.3, -0.25) is 4.79 Å². The van der Waals surface area contributed by atoms with Crippen molar-refractivity contribution in [2.45, 2.75) is 192 Å². The normalized spacial score (nSPS) is 14.9. The lowest BCUT2D eigenvalue weighted by Gasteiger charge is -2.27. The molecule has 248 valence electrons. The first-order valence-electron chi connectivity index (χ1n) is 17.7. The van der Waals surface area contributed by atoms with Crippen LogP contribution in [0.25, 0.3) is 0 Å². The molecule has 0 spiro atoms. The first-order chi connectivity index (χ1) is 20.5. The maximum absolute atomic E-state index is 12.4. The number of amides is 1. The molecule has 0 saturated heterocycles. The highest BCUT2D eigenvalue weighted by molar-refractivity contribution is 5.80. The molecule has 4 atom stereocenters. The summed E-state index contributed by atoms with van der Waals surface area (Å²) in [6.45, 7) is 3.88. The first-order valence-corrected chi connectivity index (χ1v) is 17.7. The van der Waals surface area contributed by atoms with Crippen LogP contribution in [-0.2, 0) is 4.79 Å². The summed E-state index contributed by atoms with van der Waals surface area (Å²) in [5, 5.41) is 43.2. The third-order valence-corrected chi connectivity index (χ3v) is 8.15. The Balaban J connectivity index is 3.81. The SMILES string of the molecule is CC/C=C/CC/C=C/CCCC(O)C(O)C(CO)NC(=O)C(O)CCCCCCCCCCCCCCCCCCC. The minimum Gasteiger partial charge on any atom is -0.394 e. The summed E-state index contributed by atoms with van der Waals surface area (Å²) in [4.78, 5) is 12.4. The van der Waals surface area contributed by atoms with Gasteiger partial charge in [0, 0.05) is 0 Å². The molecule has 0 heterocycles. The number of aliphatic hydroxyl groups is 4. The Hall–Kier alpha value is -1.21. The van der Waals surface area contributed by atoms with Crippen LogP contribution in [0.1, 0.15) is 168 Å². The van der Waals surface area contributed by atoms with Crippen molar-refractivity contribution >= 4 is 5.91 Å². The largest absolute Gasteiger partial charge is 0.394 e. The zero-order valence-electron chi connectivity index (χ0n) is 27.5. The number of rotatable bonds is 31. The molecule has 0 aromatic heterocycles. The van der Waals surface area contributed by atoms with Gasteiger partial charge in [-0.2, -0.15) is 0 Å². The Morgan fingerprint density at radius 1 is 0.595 bits per heavy atom. The number of hydrogen-bond acceptors (Lipinski definition) is 5. The average Bonchev–Trinajstić information content (AvgIpc) is 2.99. The van der Waals surface area contributed by atoms with Crippen LogP contribution in [0.5, 0.6) is 0 Å². The number of aliphatic hydroxyl groups excluding tert-OH is 4. The van der Waals surface area contributed by atoms with Crippen molar-refractivity contribution in [3.05, 3.63) is 24.3 Å². The average molecular weight is 596 g/mol. The summed E-state index contributed by atoms with van der Waals surface area (Å²) in [5.74, 6) is -0.600. The predicted octanol–water partition coefficient (Wildman–Crippen LogP) is 8.06. The second-order valence-electron chi connectivity index (χ2n) is 12.2. The number of carbonyl (C=O) groups is 1. The maximum Gasteiger partial charge on any atom is 0.249 e. The van der Waals surface area contributed by atoms with Crippen LogP contribution >= 0.6 is 0 Å². The van der Waals surface area contributed by atoms with Gasteiger partial charge in [-0.1, -0.05) is 147 Å². The third-order valence-electron chi connectivity index (χ3n) is 8.15. The lowest BCUT2D eigenvalue weighted by Crippen LogP contribution is -2.53. The van der Waals surface area contributed by atoms with E-state index in [2.05, 4.69) is 43.5 Å². The standard InChI is InChI=1S/C36H69NO5/c1-3-5-7-9-11-13-14-15-16-17-18-19-20-22-24-26-28-30-34(40)36(42)37-32(31-38)35(41)33(39)29-27-25-23-21-12-10-8-6-4-2/h6,8,21,23,32-35,38-41H,3-5,7,9-20,22,24-31H2,1-2H3,(H,37,42)/b8-6+,23-21+. The molecular formula is C36H69NO5. The van der Waals surface area contributed by atoms with Gasteiger partial charge in [0.2, 0.25) is 5.91 Å². The lowest BCUT2D eigenvalue weighted by molar-refractivity contribution is -0.132. The molecule has 0 aliphatic rings. The Morgan fingerprint density at radius 3 is 1.52 bits per heavy atom. The molecule has 0 aromatic carbocycles. The number of allylic oxidation sites excluding steroid dienone is 4. The molecule has 6 nitrogen and oxygen atoms in total. The number of hydrogen-bond donors (Lipinski definition) is 5. The quantitative estimate of drug-likeness (QED) is 0.0411. The Labute approximate surface area is 259 Å². The van der Waals surface area contributed by atoms with Gasteiger partial charge in [-0.15, -0.1) is 0 Å². The fourth-order valence-corrected chi connectivity index (χ4v) is 5.31. The van der Waals surface area contributed by atoms with Gasteiger partial charge < -0.3 is 25.7 Å². The summed E-state index contributed by atoms with van der Waals surface area (Å²) >= 11 is 0. The molecule has 5 N–H and O–H groups in total. The molecule has 0 radical (unpaired) electrons. The van der Waals surface area contributed by atoms with Crippen LogP contribution < -0.4 is 5.32 Å². The highest BCUT2D eigenvalue weighted by Crippen LogP contribution is 2.15. The van der Waals surface area contributed by atoms with E-state index in [-0.39, 0.29) is 0 Å². The smallest absolute Gasteiger partial charge is 0.249 e. The van der Waals surface area contributed by atoms with E-state index >= 15 is 0 Å². The Morgan fingerprint density at radius 2 is 1.05 bits per heavy atom. The predicted molar refractivity (Wildman–Crippen MR) is 177 cm³/mol. The second-order valence-corrected chi connectivity index (χ2v) is 12.2. The molecule has 0 saturated carbocycles. The fraction of sp³-hybridized carbons (Fsp3) is 0.861. The Kier molecular flexibility index (Phi) is 30.3. The molecule has 0 rings (SSSR count). The monoisotopic (exact) mass is 596 g/mol. The van der Waals surface area contributed by atoms with E-state index in [1.807, 2.05) is 0 Å². The van der Waals surface area contributed by atoms with Crippen LogP contribution in [0.4, 0.5) is 0 Å². The highest BCUT2D eigenvalue weighted by atomic mass is 16.3. The van der Waals surface area contributed by atoms with Crippen LogP contribution in [0.3, 0.4) is 0 Å². The van der Waals surface area contributed by atoms with Crippen molar-refractivity contribution < 1.29 is 25.2 Å². The second kappa shape index (κ2) is 31.2. The van der Waals surface area contributed by atoms with Crippen molar-refractivity contribution in [3.8, 4) is 0 Å². The summed E-state index contributed by atoms with van der Waals surface area (Å²) in [6.07, 6.45) is 32.1. The maximum atomic E-state index is 12.4. The number of carbonyl (C=O) groups excluding carboxylic acids is 1. The minimum absolute atomic E-state index is 0.363. The first kappa shape index (κ1) is 40.8. The van der Waals surface area contributed by atoms with E-state index in [0.717, 1.165) is 44.9 Å². The van der Waals surface area contributed by atoms with E-state index in [4.69, 9.17) is 0 Å². The van der Waals surface area contributed by atoms with Gasteiger partial charge in [-0.05, 0) is 44.9 Å². The lowest BCUT2D eigenvalue weighted by atomic mass is 10.00. The molecule has 0 aliphatic heterocycles. The molecule has 1 amide bonds. The fourth-order valence-electron chi connectivity index (χ4n) is 5.31. The number of nitrogens with one attached hydrogen (secondary N) is 1. The summed E-state index contributed by atoms with van der Waals surface area (Å²) in [6, 6.07) is -1.00. The van der Waals surface area contributed by atoms with Gasteiger partial charge in [-0.25, -0.2) is 0 Å². The van der Waals surface area contributed by atoms with Gasteiger partial charge >= 0.3 is 0 Å². The molecule has 0 aliphatic carbocycles. The van der Waals surface area contributed by atoms with E-state index in [9.17, 15) is 25.2 Å². The molecule has 0 aromatic rings. The summed E-state index contributed by atoms with van der Waals surface area (Å²) in [5.41, 5.74) is 0. The van der Waals surface area contributed by atoms with E-state index < -0.39 is 36.9 Å². The van der Waals surface area contributed by atoms with Crippen LogP contribution in [-0.4, -0.2) is 57.3 Å². The van der Waals surface area contributed by atoms with Crippen molar-refractivity contribution in [2.75, 3.05) is 6.61 Å². The molecule has 6 heteroatoms. The zero-order valence-corrected chi connectivity index (χ0v) is 27.5. The molecule has 0 bridgehead atoms. The van der Waals surface area contributed by atoms with Crippen LogP contribution in [0, 0.1) is 0 Å². The van der Waals surface area contributed by atoms with Crippen molar-refractivity contribution in [2.24, 2.45) is 0 Å². The van der Waals surface area contributed by atoms with Crippen LogP contribution in [0.15, 0.2) is 24.3 Å². The summed E-state index contributed by atoms with van der Waals surface area (Å²) < 4.78 is 0. The third kappa shape index (κ3) is 25.3. The molecule has 42 heavy (non-hydrogen) atoms. The molecule has 0 fully saturated rings.